The fourth-order valence-corrected chi connectivity index (χ4v) is 6.40. The highest BCUT2D eigenvalue weighted by Gasteiger charge is 2.24. The predicted octanol–water partition coefficient (Wildman–Crippen LogP) is 8.86. The second-order valence-electron chi connectivity index (χ2n) is 13.7. The third-order valence-electron chi connectivity index (χ3n) is 7.25. The molecule has 4 rings (SSSR count). The summed E-state index contributed by atoms with van der Waals surface area (Å²) < 4.78 is 37.6. The number of methoxy groups -OCH3 is 2. The normalized spacial score (nSPS) is 11.7. The molecule has 0 saturated carbocycles. The highest BCUT2D eigenvalue weighted by atomic mass is 79.9. The lowest BCUT2D eigenvalue weighted by Gasteiger charge is -2.25. The predicted molar refractivity (Wildman–Crippen MR) is 201 cm³/mol. The highest BCUT2D eigenvalue weighted by molar-refractivity contribution is 9.10. The first-order chi connectivity index (χ1) is 22.1. The first-order valence-corrected chi connectivity index (χ1v) is 18.0. The number of fused-ring (bicyclic) bond motifs is 1. The molecule has 0 saturated heterocycles. The summed E-state index contributed by atoms with van der Waals surface area (Å²) in [4.78, 5) is 22.8. The van der Waals surface area contributed by atoms with Crippen LogP contribution in [0.5, 0.6) is 11.5 Å². The molecule has 258 valence electrons. The number of hydrogen-bond acceptors (Lipinski definition) is 6. The van der Waals surface area contributed by atoms with Gasteiger partial charge in [-0.15, -0.1) is 0 Å². The number of carbonyl (C=O) groups excluding carboxylic acids is 2. The van der Waals surface area contributed by atoms with Crippen LogP contribution in [-0.2, 0) is 30.4 Å². The zero-order valence-electron chi connectivity index (χ0n) is 29.5. The molecular weight excluding hydrogens is 694 g/mol. The van der Waals surface area contributed by atoms with Crippen molar-refractivity contribution in [3.63, 3.8) is 0 Å². The van der Waals surface area contributed by atoms with Gasteiger partial charge in [-0.2, -0.15) is 0 Å². The van der Waals surface area contributed by atoms with Gasteiger partial charge in [-0.1, -0.05) is 59.7 Å². The van der Waals surface area contributed by atoms with E-state index in [9.17, 15) is 18.0 Å². The molecule has 2 amide bonds. The van der Waals surface area contributed by atoms with Gasteiger partial charge < -0.3 is 20.1 Å². The topological polar surface area (TPSA) is 123 Å². The van der Waals surface area contributed by atoms with Gasteiger partial charge in [-0.25, -0.2) is 8.42 Å². The molecule has 0 spiro atoms. The van der Waals surface area contributed by atoms with Crippen LogP contribution in [0.4, 0.5) is 17.1 Å². The van der Waals surface area contributed by atoms with Crippen LogP contribution in [0, 0.1) is 0 Å². The van der Waals surface area contributed by atoms with Crippen LogP contribution >= 0.6 is 15.9 Å². The van der Waals surface area contributed by atoms with Gasteiger partial charge >= 0.3 is 0 Å². The van der Waals surface area contributed by atoms with Crippen molar-refractivity contribution in [3.05, 3.63) is 76.3 Å². The molecule has 0 aromatic heterocycles. The minimum Gasteiger partial charge on any atom is -0.496 e. The molecule has 0 atom stereocenters. The first-order valence-electron chi connectivity index (χ1n) is 15.3. The van der Waals surface area contributed by atoms with Crippen LogP contribution in [-0.4, -0.2) is 40.7 Å². The SMILES string of the molecule is COc1c(-c2ccc3cc(NS(C)(=O)=O)ccc3c2)cc(NC(C)=O)cc1C(C)(C)C.COc1c(Br)cc(NC(C)=O)cc1C(C)(C)C. The van der Waals surface area contributed by atoms with E-state index in [0.717, 1.165) is 60.9 Å². The Morgan fingerprint density at radius 2 is 1.15 bits per heavy atom. The summed E-state index contributed by atoms with van der Waals surface area (Å²) in [5, 5.41) is 7.54. The number of benzene rings is 4. The Hall–Kier alpha value is -4.09. The molecule has 4 aromatic rings. The number of halogens is 1. The van der Waals surface area contributed by atoms with Crippen LogP contribution in [0.2, 0.25) is 0 Å². The van der Waals surface area contributed by atoms with Crippen molar-refractivity contribution in [3.8, 4) is 22.6 Å². The van der Waals surface area contributed by atoms with Crippen molar-refractivity contribution in [2.24, 2.45) is 0 Å². The van der Waals surface area contributed by atoms with Crippen LogP contribution in [0.3, 0.4) is 0 Å². The molecule has 11 heteroatoms. The van der Waals surface area contributed by atoms with Gasteiger partial charge in [0.1, 0.15) is 11.5 Å². The first kappa shape index (κ1) is 38.4. The van der Waals surface area contributed by atoms with E-state index in [4.69, 9.17) is 9.47 Å². The van der Waals surface area contributed by atoms with Crippen LogP contribution < -0.4 is 24.8 Å². The number of hydrogen-bond donors (Lipinski definition) is 3. The Morgan fingerprint density at radius 3 is 1.62 bits per heavy atom. The quantitative estimate of drug-likeness (QED) is 0.174. The van der Waals surface area contributed by atoms with E-state index in [0.29, 0.717) is 11.4 Å². The molecule has 0 heterocycles. The van der Waals surface area contributed by atoms with E-state index in [1.807, 2.05) is 48.5 Å². The lowest BCUT2D eigenvalue weighted by molar-refractivity contribution is -0.115. The van der Waals surface area contributed by atoms with E-state index in [2.05, 4.69) is 72.8 Å². The molecule has 0 aliphatic rings. The van der Waals surface area contributed by atoms with Crippen LogP contribution in [0.15, 0.2) is 65.1 Å². The van der Waals surface area contributed by atoms with Crippen LogP contribution in [0.25, 0.3) is 21.9 Å². The summed E-state index contributed by atoms with van der Waals surface area (Å²) in [6.45, 7) is 15.6. The number of amides is 2. The lowest BCUT2D eigenvalue weighted by atomic mass is 9.83. The van der Waals surface area contributed by atoms with E-state index < -0.39 is 10.0 Å². The number of ether oxygens (including phenoxy) is 2. The number of carbonyl (C=O) groups is 2. The second-order valence-corrected chi connectivity index (χ2v) is 16.3. The maximum atomic E-state index is 11.7. The van der Waals surface area contributed by atoms with Gasteiger partial charge in [0.2, 0.25) is 21.8 Å². The van der Waals surface area contributed by atoms with Crippen molar-refractivity contribution in [1.82, 2.24) is 0 Å². The van der Waals surface area contributed by atoms with Crippen molar-refractivity contribution in [2.45, 2.75) is 66.2 Å². The summed E-state index contributed by atoms with van der Waals surface area (Å²) in [5.41, 5.74) is 5.60. The third kappa shape index (κ3) is 10.2. The van der Waals surface area contributed by atoms with Crippen molar-refractivity contribution in [1.29, 1.82) is 0 Å². The third-order valence-corrected chi connectivity index (χ3v) is 8.45. The molecule has 0 fully saturated rings. The fourth-order valence-electron chi connectivity index (χ4n) is 5.22. The molecule has 3 N–H and O–H groups in total. The van der Waals surface area contributed by atoms with Crippen LogP contribution in [0.1, 0.15) is 66.5 Å². The summed E-state index contributed by atoms with van der Waals surface area (Å²) in [6.07, 6.45) is 1.13. The number of sulfonamides is 1. The maximum absolute atomic E-state index is 11.7. The summed E-state index contributed by atoms with van der Waals surface area (Å²) in [7, 11) is -0.0452. The summed E-state index contributed by atoms with van der Waals surface area (Å²) in [5.74, 6) is 1.35. The average molecular weight is 741 g/mol. The largest absolute Gasteiger partial charge is 0.496 e. The van der Waals surface area contributed by atoms with Gasteiger partial charge in [0.25, 0.3) is 0 Å². The van der Waals surface area contributed by atoms with Crippen molar-refractivity contribution in [2.75, 3.05) is 35.8 Å². The van der Waals surface area contributed by atoms with E-state index >= 15 is 0 Å². The highest BCUT2D eigenvalue weighted by Crippen LogP contribution is 2.43. The number of anilines is 3. The Bertz CT molecular complexity index is 1940. The Morgan fingerprint density at radius 1 is 0.667 bits per heavy atom. The molecular formula is C37H46BrN3O6S. The molecule has 0 bridgehead atoms. The minimum absolute atomic E-state index is 0.0532. The Balaban J connectivity index is 0.000000311. The maximum Gasteiger partial charge on any atom is 0.229 e. The van der Waals surface area contributed by atoms with Gasteiger partial charge in [0, 0.05) is 47.6 Å². The van der Waals surface area contributed by atoms with Crippen molar-refractivity contribution >= 4 is 65.6 Å². The molecule has 4 aromatic carbocycles. The lowest BCUT2D eigenvalue weighted by Crippen LogP contribution is -2.15. The molecule has 0 aliphatic heterocycles. The van der Waals surface area contributed by atoms with E-state index in [1.165, 1.54) is 13.8 Å². The zero-order chi connectivity index (χ0) is 36.2. The Kier molecular flexibility index (Phi) is 12.0. The fraction of sp³-hybridized carbons (Fsp3) is 0.351. The molecule has 0 unspecified atom stereocenters. The van der Waals surface area contributed by atoms with E-state index in [-0.39, 0.29) is 22.6 Å². The average Bonchev–Trinajstić information content (AvgIpc) is 2.94. The Labute approximate surface area is 293 Å². The monoisotopic (exact) mass is 739 g/mol. The molecule has 0 radical (unpaired) electrons. The van der Waals surface area contributed by atoms with Gasteiger partial charge in [-0.05, 0) is 85.6 Å². The van der Waals surface area contributed by atoms with Gasteiger partial charge in [-0.3, -0.25) is 14.3 Å². The summed E-state index contributed by atoms with van der Waals surface area (Å²) in [6, 6.07) is 19.0. The summed E-state index contributed by atoms with van der Waals surface area (Å²) >= 11 is 3.46. The molecule has 0 aliphatic carbocycles. The van der Waals surface area contributed by atoms with Crippen molar-refractivity contribution < 1.29 is 27.5 Å². The van der Waals surface area contributed by atoms with Gasteiger partial charge in [0.15, 0.2) is 0 Å². The smallest absolute Gasteiger partial charge is 0.229 e. The second kappa shape index (κ2) is 15.0. The molecule has 48 heavy (non-hydrogen) atoms. The van der Waals surface area contributed by atoms with E-state index in [1.54, 1.807) is 26.4 Å². The standard InChI is InChI=1S/C24H28N2O4S.C13H18BrNO2/c1-15(27)25-20-13-21(23(30-5)22(14-20)24(2,3)4)18-8-7-17-12-19(26-31(6,28)29)10-9-16(17)11-18;1-8(16)15-9-6-10(13(2,3)4)12(17-5)11(14)7-9/h7-14,26H,1-6H3,(H,25,27);6-7H,1-5H3,(H,15,16). The number of rotatable bonds is 7. The van der Waals surface area contributed by atoms with Gasteiger partial charge in [0.05, 0.1) is 24.9 Å². The number of nitrogens with one attached hydrogen (secondary N) is 3. The zero-order valence-corrected chi connectivity index (χ0v) is 31.9. The minimum atomic E-state index is -3.34. The molecule has 9 nitrogen and oxygen atoms in total.